The standard InChI is InChI=1S/C14H13NS2.H3N/c1-10-11(2)15(17-14-8-5-9-16-14)13-7-4-3-6-12(10)13;/h3-9H,1-2H3;1H3. The first-order valence-corrected chi connectivity index (χ1v) is 7.21. The van der Waals surface area contributed by atoms with Crippen molar-refractivity contribution in [3.63, 3.8) is 0 Å². The monoisotopic (exact) mass is 276 g/mol. The molecule has 0 bridgehead atoms. The Kier molecular flexibility index (Phi) is 3.80. The molecule has 2 nitrogen and oxygen atoms in total. The number of para-hydroxylation sites is 1. The summed E-state index contributed by atoms with van der Waals surface area (Å²) in [5, 5.41) is 3.48. The van der Waals surface area contributed by atoms with E-state index < -0.39 is 0 Å². The van der Waals surface area contributed by atoms with Gasteiger partial charge in [-0.3, -0.25) is 3.97 Å². The first-order valence-electron chi connectivity index (χ1n) is 5.56. The Bertz CT molecular complexity index is 654. The fourth-order valence-electron chi connectivity index (χ4n) is 2.02. The molecule has 94 valence electrons. The summed E-state index contributed by atoms with van der Waals surface area (Å²) in [7, 11) is 0. The fourth-order valence-corrected chi connectivity index (χ4v) is 3.88. The van der Waals surface area contributed by atoms with E-state index in [1.165, 1.54) is 26.4 Å². The largest absolute Gasteiger partial charge is 0.344 e. The number of fused-ring (bicyclic) bond motifs is 1. The number of aromatic nitrogens is 1. The summed E-state index contributed by atoms with van der Waals surface area (Å²) in [6, 6.07) is 12.9. The number of hydrogen-bond donors (Lipinski definition) is 1. The van der Waals surface area contributed by atoms with Crippen LogP contribution in [0.4, 0.5) is 0 Å². The zero-order valence-electron chi connectivity index (χ0n) is 10.5. The second-order valence-corrected chi connectivity index (χ2v) is 6.24. The lowest BCUT2D eigenvalue weighted by atomic mass is 10.2. The van der Waals surface area contributed by atoms with Crippen LogP contribution in [0.2, 0.25) is 0 Å². The van der Waals surface area contributed by atoms with Crippen molar-refractivity contribution in [2.45, 2.75) is 18.1 Å². The third-order valence-corrected chi connectivity index (χ3v) is 5.19. The van der Waals surface area contributed by atoms with Gasteiger partial charge in [-0.25, -0.2) is 0 Å². The summed E-state index contributed by atoms with van der Waals surface area (Å²) < 4.78 is 3.66. The summed E-state index contributed by atoms with van der Waals surface area (Å²) in [5.74, 6) is 0. The molecule has 0 atom stereocenters. The molecule has 0 aliphatic heterocycles. The molecule has 0 amide bonds. The number of rotatable bonds is 2. The molecule has 0 aliphatic rings. The van der Waals surface area contributed by atoms with Crippen LogP contribution in [-0.4, -0.2) is 3.97 Å². The Morgan fingerprint density at radius 3 is 2.56 bits per heavy atom. The average molecular weight is 276 g/mol. The summed E-state index contributed by atoms with van der Waals surface area (Å²) in [5.41, 5.74) is 4.02. The number of hydrogen-bond acceptors (Lipinski definition) is 3. The van der Waals surface area contributed by atoms with Gasteiger partial charge in [-0.05, 0) is 36.9 Å². The van der Waals surface area contributed by atoms with E-state index >= 15 is 0 Å². The van der Waals surface area contributed by atoms with E-state index in [1.54, 1.807) is 23.3 Å². The van der Waals surface area contributed by atoms with Crippen LogP contribution in [0.15, 0.2) is 46.0 Å². The molecule has 2 aromatic heterocycles. The van der Waals surface area contributed by atoms with Crippen molar-refractivity contribution in [3.05, 3.63) is 53.0 Å². The maximum atomic E-state index is 2.33. The van der Waals surface area contributed by atoms with Crippen LogP contribution in [-0.2, 0) is 0 Å². The minimum absolute atomic E-state index is 0. The molecule has 0 saturated carbocycles. The van der Waals surface area contributed by atoms with E-state index in [4.69, 9.17) is 0 Å². The molecular weight excluding hydrogens is 260 g/mol. The van der Waals surface area contributed by atoms with Crippen LogP contribution in [0, 0.1) is 13.8 Å². The van der Waals surface area contributed by atoms with Gasteiger partial charge in [0.1, 0.15) is 0 Å². The quantitative estimate of drug-likeness (QED) is 0.712. The Hall–Kier alpha value is -1.23. The van der Waals surface area contributed by atoms with E-state index in [-0.39, 0.29) is 6.15 Å². The van der Waals surface area contributed by atoms with Crippen molar-refractivity contribution in [2.24, 2.45) is 0 Å². The molecule has 0 spiro atoms. The molecule has 4 heteroatoms. The molecule has 0 saturated heterocycles. The zero-order chi connectivity index (χ0) is 11.8. The van der Waals surface area contributed by atoms with Crippen molar-refractivity contribution >= 4 is 34.2 Å². The van der Waals surface area contributed by atoms with E-state index in [1.807, 2.05) is 0 Å². The lowest BCUT2D eigenvalue weighted by Gasteiger charge is -2.04. The maximum Gasteiger partial charge on any atom is 0.0813 e. The molecule has 3 N–H and O–H groups in total. The third-order valence-electron chi connectivity index (χ3n) is 3.05. The van der Waals surface area contributed by atoms with Crippen molar-refractivity contribution < 1.29 is 0 Å². The van der Waals surface area contributed by atoms with Crippen molar-refractivity contribution in [1.29, 1.82) is 0 Å². The third kappa shape index (κ3) is 2.07. The predicted molar refractivity (Wildman–Crippen MR) is 82.0 cm³/mol. The summed E-state index contributed by atoms with van der Waals surface area (Å²) >= 11 is 3.59. The van der Waals surface area contributed by atoms with E-state index in [0.717, 1.165) is 0 Å². The van der Waals surface area contributed by atoms with Crippen LogP contribution in [0.3, 0.4) is 0 Å². The van der Waals surface area contributed by atoms with Crippen LogP contribution in [0.5, 0.6) is 0 Å². The minimum Gasteiger partial charge on any atom is -0.344 e. The lowest BCUT2D eigenvalue weighted by Crippen LogP contribution is -1.88. The first kappa shape index (κ1) is 13.2. The van der Waals surface area contributed by atoms with E-state index in [2.05, 4.69) is 59.6 Å². The maximum absolute atomic E-state index is 2.33. The number of nitrogens with zero attached hydrogens (tertiary/aromatic N) is 1. The lowest BCUT2D eigenvalue weighted by molar-refractivity contribution is 1.18. The van der Waals surface area contributed by atoms with Gasteiger partial charge in [-0.1, -0.05) is 24.3 Å². The van der Waals surface area contributed by atoms with E-state index in [0.29, 0.717) is 0 Å². The second kappa shape index (κ2) is 5.18. The average Bonchev–Trinajstić information content (AvgIpc) is 2.94. The SMILES string of the molecule is Cc1c(C)n(Sc2cccs2)c2ccccc12.N. The molecule has 0 fully saturated rings. The van der Waals surface area contributed by atoms with Crippen LogP contribution in [0.25, 0.3) is 10.9 Å². The highest BCUT2D eigenvalue weighted by Gasteiger charge is 2.11. The Balaban J connectivity index is 0.00000120. The molecule has 0 aliphatic carbocycles. The Morgan fingerprint density at radius 1 is 1.06 bits per heavy atom. The summed E-state index contributed by atoms with van der Waals surface area (Å²) in [6.07, 6.45) is 0. The molecule has 3 rings (SSSR count). The normalized spacial score (nSPS) is 10.6. The van der Waals surface area contributed by atoms with Gasteiger partial charge >= 0.3 is 0 Å². The van der Waals surface area contributed by atoms with Gasteiger partial charge in [0, 0.05) is 23.0 Å². The highest BCUT2D eigenvalue weighted by atomic mass is 32.2. The number of thiophene rings is 1. The van der Waals surface area contributed by atoms with Crippen molar-refractivity contribution in [1.82, 2.24) is 10.1 Å². The smallest absolute Gasteiger partial charge is 0.0813 e. The van der Waals surface area contributed by atoms with Crippen molar-refractivity contribution in [3.8, 4) is 0 Å². The number of benzene rings is 1. The molecule has 2 heterocycles. The van der Waals surface area contributed by atoms with Gasteiger partial charge in [-0.2, -0.15) is 0 Å². The topological polar surface area (TPSA) is 39.9 Å². The van der Waals surface area contributed by atoms with Crippen LogP contribution < -0.4 is 6.15 Å². The second-order valence-electron chi connectivity index (χ2n) is 4.05. The Labute approximate surface area is 115 Å². The van der Waals surface area contributed by atoms with Gasteiger partial charge in [0.25, 0.3) is 0 Å². The van der Waals surface area contributed by atoms with Gasteiger partial charge in [0.2, 0.25) is 0 Å². The molecule has 0 radical (unpaired) electrons. The van der Waals surface area contributed by atoms with Gasteiger partial charge in [0.15, 0.2) is 0 Å². The molecule has 0 unspecified atom stereocenters. The van der Waals surface area contributed by atoms with Crippen LogP contribution >= 0.6 is 23.3 Å². The highest BCUT2D eigenvalue weighted by molar-refractivity contribution is 7.99. The molecule has 18 heavy (non-hydrogen) atoms. The number of aryl methyl sites for hydroxylation is 1. The molecule has 1 aromatic carbocycles. The van der Waals surface area contributed by atoms with E-state index in [9.17, 15) is 0 Å². The summed E-state index contributed by atoms with van der Waals surface area (Å²) in [4.78, 5) is 0. The first-order chi connectivity index (χ1) is 8.27. The van der Waals surface area contributed by atoms with Crippen LogP contribution in [0.1, 0.15) is 11.3 Å². The fraction of sp³-hybridized carbons (Fsp3) is 0.143. The molecular formula is C14H16N2S2. The highest BCUT2D eigenvalue weighted by Crippen LogP contribution is 2.34. The van der Waals surface area contributed by atoms with Gasteiger partial charge < -0.3 is 6.15 Å². The Morgan fingerprint density at radius 2 is 1.83 bits per heavy atom. The minimum atomic E-state index is 0. The zero-order valence-corrected chi connectivity index (χ0v) is 12.1. The predicted octanol–water partition coefficient (Wildman–Crippen LogP) is 5.04. The summed E-state index contributed by atoms with van der Waals surface area (Å²) in [6.45, 7) is 4.39. The van der Waals surface area contributed by atoms with Gasteiger partial charge in [0.05, 0.1) is 9.73 Å². The van der Waals surface area contributed by atoms with Gasteiger partial charge in [-0.15, -0.1) is 11.3 Å². The molecule has 3 aromatic rings. The van der Waals surface area contributed by atoms with Crippen molar-refractivity contribution in [2.75, 3.05) is 0 Å².